The van der Waals surface area contributed by atoms with Crippen molar-refractivity contribution in [3.8, 4) is 0 Å². The molecule has 0 saturated heterocycles. The van der Waals surface area contributed by atoms with Crippen LogP contribution in [0, 0.1) is 31.6 Å². The average Bonchev–Trinajstić information content (AvgIpc) is 2.92. The summed E-state index contributed by atoms with van der Waals surface area (Å²) in [6.07, 6.45) is 7.65. The number of amides is 1. The summed E-state index contributed by atoms with van der Waals surface area (Å²) in [5.41, 5.74) is 0.998. The molecule has 0 aliphatic heterocycles. The number of hydrogen-bond donors (Lipinski definition) is 2. The first-order valence-electron chi connectivity index (χ1n) is 10.7. The van der Waals surface area contributed by atoms with E-state index in [-0.39, 0.29) is 22.3 Å². The molecule has 1 amide bonds. The minimum absolute atomic E-state index is 0.0537. The number of nitrogens with one attached hydrogen (secondary N) is 2. The van der Waals surface area contributed by atoms with Gasteiger partial charge in [-0.1, -0.05) is 0 Å². The lowest BCUT2D eigenvalue weighted by Gasteiger charge is -2.57. The summed E-state index contributed by atoms with van der Waals surface area (Å²) in [6.45, 7) is 5.96. The first kappa shape index (κ1) is 19.6. The van der Waals surface area contributed by atoms with Gasteiger partial charge in [-0.25, -0.2) is 4.98 Å². The van der Waals surface area contributed by atoms with E-state index < -0.39 is 0 Å². The number of aryl methyl sites for hydroxylation is 2. The maximum absolute atomic E-state index is 13.0. The Morgan fingerprint density at radius 2 is 1.86 bits per heavy atom. The first-order valence-corrected chi connectivity index (χ1v) is 12.6. The van der Waals surface area contributed by atoms with E-state index in [9.17, 15) is 9.59 Å². The molecule has 4 bridgehead atoms. The van der Waals surface area contributed by atoms with Crippen LogP contribution in [0.4, 0.5) is 0 Å². The topological polar surface area (TPSA) is 74.8 Å². The quantitative estimate of drug-likeness (QED) is 0.740. The van der Waals surface area contributed by atoms with E-state index in [2.05, 4.69) is 15.3 Å². The average molecular weight is 432 g/mol. The molecule has 1 atom stereocenters. The van der Waals surface area contributed by atoms with Crippen LogP contribution in [-0.4, -0.2) is 26.7 Å². The fourth-order valence-electron chi connectivity index (χ4n) is 6.27. The van der Waals surface area contributed by atoms with Gasteiger partial charge in [-0.05, 0) is 82.6 Å². The number of thiophene rings is 1. The van der Waals surface area contributed by atoms with Gasteiger partial charge < -0.3 is 10.3 Å². The second kappa shape index (κ2) is 7.12. The van der Waals surface area contributed by atoms with Gasteiger partial charge in [-0.2, -0.15) is 0 Å². The highest BCUT2D eigenvalue weighted by Crippen LogP contribution is 2.55. The van der Waals surface area contributed by atoms with Crippen molar-refractivity contribution in [2.24, 2.45) is 17.8 Å². The van der Waals surface area contributed by atoms with Gasteiger partial charge in [0.15, 0.2) is 0 Å². The number of hydrogen-bond acceptors (Lipinski definition) is 5. The summed E-state index contributed by atoms with van der Waals surface area (Å²) in [7, 11) is 0. The Labute approximate surface area is 179 Å². The van der Waals surface area contributed by atoms with Crippen molar-refractivity contribution in [2.75, 3.05) is 0 Å². The lowest BCUT2D eigenvalue weighted by molar-refractivity contribution is -0.126. The minimum Gasteiger partial charge on any atom is -0.350 e. The van der Waals surface area contributed by atoms with E-state index in [0.29, 0.717) is 17.0 Å². The van der Waals surface area contributed by atoms with E-state index in [1.165, 1.54) is 38.5 Å². The van der Waals surface area contributed by atoms with Gasteiger partial charge in [0, 0.05) is 10.4 Å². The summed E-state index contributed by atoms with van der Waals surface area (Å²) in [5.74, 6) is 3.80. The van der Waals surface area contributed by atoms with E-state index >= 15 is 0 Å². The Bertz CT molecular complexity index is 990. The van der Waals surface area contributed by atoms with Crippen LogP contribution in [0.15, 0.2) is 4.79 Å². The Morgan fingerprint density at radius 1 is 1.24 bits per heavy atom. The highest BCUT2D eigenvalue weighted by molar-refractivity contribution is 7.99. The predicted molar refractivity (Wildman–Crippen MR) is 120 cm³/mol. The Morgan fingerprint density at radius 3 is 2.48 bits per heavy atom. The molecular formula is C22H29N3O2S2. The van der Waals surface area contributed by atoms with Gasteiger partial charge >= 0.3 is 0 Å². The summed E-state index contributed by atoms with van der Waals surface area (Å²) in [5, 5.41) is 4.01. The van der Waals surface area contributed by atoms with Crippen molar-refractivity contribution >= 4 is 39.2 Å². The molecule has 2 heterocycles. The van der Waals surface area contributed by atoms with E-state index in [1.807, 2.05) is 20.8 Å². The SMILES string of the molecule is Cc1sc2nc(CSC(C)C(=O)NC34CC5CC(CC(C5)C3)C4)[nH]c(=O)c2c1C. The second-order valence-corrected chi connectivity index (χ2v) is 12.1. The van der Waals surface area contributed by atoms with Crippen molar-refractivity contribution < 1.29 is 4.79 Å². The summed E-state index contributed by atoms with van der Waals surface area (Å²) in [6, 6.07) is 0. The molecule has 1 unspecified atom stereocenters. The van der Waals surface area contributed by atoms with Gasteiger partial charge in [-0.3, -0.25) is 9.59 Å². The summed E-state index contributed by atoms with van der Waals surface area (Å²) < 4.78 is 0. The number of H-pyrrole nitrogens is 1. The van der Waals surface area contributed by atoms with Crippen LogP contribution in [0.1, 0.15) is 61.7 Å². The van der Waals surface area contributed by atoms with Gasteiger partial charge in [0.2, 0.25) is 5.91 Å². The van der Waals surface area contributed by atoms with Crippen LogP contribution < -0.4 is 10.9 Å². The van der Waals surface area contributed by atoms with E-state index in [0.717, 1.165) is 33.0 Å². The van der Waals surface area contributed by atoms with Crippen LogP contribution in [0.3, 0.4) is 0 Å². The Kier molecular flexibility index (Phi) is 4.81. The van der Waals surface area contributed by atoms with Gasteiger partial charge in [0.1, 0.15) is 10.7 Å². The van der Waals surface area contributed by atoms with Crippen LogP contribution >= 0.6 is 23.1 Å². The number of rotatable bonds is 5. The molecule has 4 aliphatic rings. The molecule has 0 aromatic carbocycles. The van der Waals surface area contributed by atoms with Gasteiger partial charge in [0.25, 0.3) is 5.56 Å². The molecule has 6 rings (SSSR count). The number of nitrogens with zero attached hydrogens (tertiary/aromatic N) is 1. The largest absolute Gasteiger partial charge is 0.350 e. The molecule has 2 N–H and O–H groups in total. The highest BCUT2D eigenvalue weighted by atomic mass is 32.2. The standard InChI is InChI=1S/C22H29N3O2S2/c1-11-12(2)29-21-18(11)20(27)23-17(24-21)10-28-13(3)19(26)25-22-7-14-4-15(8-22)6-16(5-14)9-22/h13-16H,4-10H2,1-3H3,(H,25,26)(H,23,24,27). The van der Waals surface area contributed by atoms with Gasteiger partial charge in [0.05, 0.1) is 16.4 Å². The predicted octanol–water partition coefficient (Wildman–Crippen LogP) is 4.31. The minimum atomic E-state index is -0.157. The zero-order chi connectivity index (χ0) is 20.3. The monoisotopic (exact) mass is 431 g/mol. The van der Waals surface area contributed by atoms with E-state index in [4.69, 9.17) is 0 Å². The van der Waals surface area contributed by atoms with Crippen LogP contribution in [-0.2, 0) is 10.5 Å². The third kappa shape index (κ3) is 3.54. The molecule has 2 aromatic heterocycles. The molecule has 2 aromatic rings. The van der Waals surface area contributed by atoms with Gasteiger partial charge in [-0.15, -0.1) is 23.1 Å². The maximum Gasteiger partial charge on any atom is 0.259 e. The molecule has 7 heteroatoms. The van der Waals surface area contributed by atoms with Crippen molar-refractivity contribution in [3.63, 3.8) is 0 Å². The number of aromatic amines is 1. The van der Waals surface area contributed by atoms with Crippen molar-refractivity contribution in [3.05, 3.63) is 26.6 Å². The van der Waals surface area contributed by atoms with Crippen LogP contribution in [0.2, 0.25) is 0 Å². The third-order valence-electron chi connectivity index (χ3n) is 7.35. The van der Waals surface area contributed by atoms with Crippen molar-refractivity contribution in [1.29, 1.82) is 0 Å². The molecule has 0 radical (unpaired) electrons. The fourth-order valence-corrected chi connectivity index (χ4v) is 8.08. The number of carbonyl (C=O) groups excluding carboxylic acids is 1. The molecule has 0 spiro atoms. The molecular weight excluding hydrogens is 402 g/mol. The number of fused-ring (bicyclic) bond motifs is 1. The zero-order valence-electron chi connectivity index (χ0n) is 17.3. The molecule has 29 heavy (non-hydrogen) atoms. The Hall–Kier alpha value is -1.34. The highest BCUT2D eigenvalue weighted by Gasteiger charge is 2.51. The fraction of sp³-hybridized carbons (Fsp3) is 0.682. The number of thioether (sulfide) groups is 1. The molecule has 4 aliphatic carbocycles. The van der Waals surface area contributed by atoms with Crippen LogP contribution in [0.5, 0.6) is 0 Å². The lowest BCUT2D eigenvalue weighted by atomic mass is 9.53. The normalized spacial score (nSPS) is 31.3. The molecule has 156 valence electrons. The van der Waals surface area contributed by atoms with Crippen molar-refractivity contribution in [2.45, 2.75) is 75.8 Å². The Balaban J connectivity index is 1.24. The first-order chi connectivity index (χ1) is 13.8. The zero-order valence-corrected chi connectivity index (χ0v) is 19.0. The van der Waals surface area contributed by atoms with Crippen molar-refractivity contribution in [1.82, 2.24) is 15.3 Å². The second-order valence-electron chi connectivity index (χ2n) is 9.62. The molecule has 4 saturated carbocycles. The molecule has 4 fully saturated rings. The lowest BCUT2D eigenvalue weighted by Crippen LogP contribution is -2.60. The summed E-state index contributed by atoms with van der Waals surface area (Å²) in [4.78, 5) is 34.9. The maximum atomic E-state index is 13.0. The van der Waals surface area contributed by atoms with Crippen LogP contribution in [0.25, 0.3) is 10.2 Å². The number of carbonyl (C=O) groups is 1. The smallest absolute Gasteiger partial charge is 0.259 e. The summed E-state index contributed by atoms with van der Waals surface area (Å²) >= 11 is 3.12. The third-order valence-corrected chi connectivity index (χ3v) is 9.61. The number of aromatic nitrogens is 2. The van der Waals surface area contributed by atoms with E-state index in [1.54, 1.807) is 23.1 Å². The molecule has 5 nitrogen and oxygen atoms in total.